The fraction of sp³-hybridized carbons (Fsp3) is 0.533. The van der Waals surface area contributed by atoms with Crippen LogP contribution in [0.1, 0.15) is 36.5 Å². The van der Waals surface area contributed by atoms with E-state index in [2.05, 4.69) is 6.92 Å². The second-order valence-electron chi connectivity index (χ2n) is 5.16. The van der Waals surface area contributed by atoms with Crippen LogP contribution in [0.5, 0.6) is 0 Å². The predicted molar refractivity (Wildman–Crippen MR) is 71.1 cm³/mol. The number of aryl methyl sites for hydroxylation is 2. The second kappa shape index (κ2) is 4.73. The van der Waals surface area contributed by atoms with Gasteiger partial charge in [0.15, 0.2) is 0 Å². The number of carbonyl (C=O) groups is 1. The molecule has 0 aromatic heterocycles. The summed E-state index contributed by atoms with van der Waals surface area (Å²) in [6.07, 6.45) is 2.00. The van der Waals surface area contributed by atoms with Crippen LogP contribution in [-0.2, 0) is 15.1 Å². The highest BCUT2D eigenvalue weighted by molar-refractivity contribution is 5.83. The van der Waals surface area contributed by atoms with Crippen LogP contribution in [0.4, 0.5) is 0 Å². The molecule has 1 aliphatic rings. The number of carbonyl (C=O) groups excluding carboxylic acids is 1. The maximum atomic E-state index is 12.2. The zero-order valence-electron chi connectivity index (χ0n) is 11.3. The van der Waals surface area contributed by atoms with Crippen molar-refractivity contribution in [3.63, 3.8) is 0 Å². The molecule has 1 saturated carbocycles. The van der Waals surface area contributed by atoms with Gasteiger partial charge in [-0.1, -0.05) is 18.2 Å². The molecule has 0 aliphatic heterocycles. The van der Waals surface area contributed by atoms with Crippen LogP contribution in [-0.4, -0.2) is 12.6 Å². The van der Waals surface area contributed by atoms with Gasteiger partial charge in [0.1, 0.15) is 5.54 Å². The fourth-order valence-corrected chi connectivity index (χ4v) is 2.31. The second-order valence-corrected chi connectivity index (χ2v) is 5.16. The molecule has 98 valence electrons. The highest BCUT2D eigenvalue weighted by atomic mass is 16.5. The van der Waals surface area contributed by atoms with Crippen molar-refractivity contribution in [2.45, 2.75) is 39.2 Å². The van der Waals surface area contributed by atoms with E-state index in [1.807, 2.05) is 32.0 Å². The Morgan fingerprint density at radius 3 is 2.56 bits per heavy atom. The molecule has 0 saturated heterocycles. The smallest absolute Gasteiger partial charge is 0.331 e. The molecule has 0 amide bonds. The topological polar surface area (TPSA) is 52.3 Å². The summed E-state index contributed by atoms with van der Waals surface area (Å²) >= 11 is 0. The van der Waals surface area contributed by atoms with Crippen molar-refractivity contribution in [3.8, 4) is 0 Å². The number of rotatable bonds is 4. The van der Waals surface area contributed by atoms with Crippen molar-refractivity contribution in [3.05, 3.63) is 34.9 Å². The Hall–Kier alpha value is -1.35. The molecule has 1 aromatic rings. The standard InChI is InChI=1S/C15H21NO2/c1-4-18-14(17)15(16,12-7-8-12)13-6-5-10(2)11(3)9-13/h5-6,9,12H,4,7-8,16H2,1-3H3. The molecular formula is C15H21NO2. The highest BCUT2D eigenvalue weighted by Crippen LogP contribution is 2.45. The van der Waals surface area contributed by atoms with E-state index in [4.69, 9.17) is 10.5 Å². The summed E-state index contributed by atoms with van der Waals surface area (Å²) in [6.45, 7) is 6.27. The van der Waals surface area contributed by atoms with Gasteiger partial charge < -0.3 is 10.5 Å². The molecule has 1 aliphatic carbocycles. The van der Waals surface area contributed by atoms with Crippen molar-refractivity contribution in [1.82, 2.24) is 0 Å². The monoisotopic (exact) mass is 247 g/mol. The number of benzene rings is 1. The molecule has 1 atom stereocenters. The molecule has 2 rings (SSSR count). The summed E-state index contributed by atoms with van der Waals surface area (Å²) in [5.41, 5.74) is 8.68. The van der Waals surface area contributed by atoms with E-state index < -0.39 is 5.54 Å². The molecule has 3 heteroatoms. The zero-order chi connectivity index (χ0) is 13.3. The van der Waals surface area contributed by atoms with Gasteiger partial charge >= 0.3 is 5.97 Å². The Kier molecular flexibility index (Phi) is 3.44. The van der Waals surface area contributed by atoms with E-state index in [1.54, 1.807) is 0 Å². The number of esters is 1. The lowest BCUT2D eigenvalue weighted by molar-refractivity contribution is -0.151. The Labute approximate surface area is 108 Å². The maximum absolute atomic E-state index is 12.2. The summed E-state index contributed by atoms with van der Waals surface area (Å²) in [5, 5.41) is 0. The zero-order valence-corrected chi connectivity index (χ0v) is 11.3. The number of nitrogens with two attached hydrogens (primary N) is 1. The third-order valence-electron chi connectivity index (χ3n) is 3.82. The minimum atomic E-state index is -0.964. The summed E-state index contributed by atoms with van der Waals surface area (Å²) in [6, 6.07) is 6.00. The molecule has 1 aromatic carbocycles. The van der Waals surface area contributed by atoms with E-state index in [0.717, 1.165) is 24.0 Å². The Balaban J connectivity index is 2.40. The minimum absolute atomic E-state index is 0.221. The van der Waals surface area contributed by atoms with Gasteiger partial charge in [-0.3, -0.25) is 0 Å². The first kappa shape index (κ1) is 13.1. The molecule has 1 fully saturated rings. The van der Waals surface area contributed by atoms with Gasteiger partial charge in [-0.25, -0.2) is 4.79 Å². The van der Waals surface area contributed by atoms with Crippen LogP contribution in [0.25, 0.3) is 0 Å². The first-order valence-corrected chi connectivity index (χ1v) is 6.54. The van der Waals surface area contributed by atoms with E-state index in [0.29, 0.717) is 6.61 Å². The quantitative estimate of drug-likeness (QED) is 0.831. The third-order valence-corrected chi connectivity index (χ3v) is 3.82. The van der Waals surface area contributed by atoms with Crippen molar-refractivity contribution in [1.29, 1.82) is 0 Å². The summed E-state index contributed by atoms with van der Waals surface area (Å²) < 4.78 is 5.17. The maximum Gasteiger partial charge on any atom is 0.331 e. The van der Waals surface area contributed by atoms with Crippen molar-refractivity contribution in [2.75, 3.05) is 6.61 Å². The highest BCUT2D eigenvalue weighted by Gasteiger charge is 2.50. The van der Waals surface area contributed by atoms with Crippen molar-refractivity contribution < 1.29 is 9.53 Å². The Bertz CT molecular complexity index is 466. The van der Waals surface area contributed by atoms with Crippen molar-refractivity contribution >= 4 is 5.97 Å². The van der Waals surface area contributed by atoms with E-state index in [1.165, 1.54) is 5.56 Å². The first-order valence-electron chi connectivity index (χ1n) is 6.54. The lowest BCUT2D eigenvalue weighted by Gasteiger charge is -2.28. The molecule has 3 nitrogen and oxygen atoms in total. The summed E-state index contributed by atoms with van der Waals surface area (Å²) in [7, 11) is 0. The average molecular weight is 247 g/mol. The number of hydrogen-bond donors (Lipinski definition) is 1. The van der Waals surface area contributed by atoms with E-state index in [9.17, 15) is 4.79 Å². The normalized spacial score (nSPS) is 18.2. The first-order chi connectivity index (χ1) is 8.50. The molecule has 18 heavy (non-hydrogen) atoms. The predicted octanol–water partition coefficient (Wildman–Crippen LogP) is 2.43. The number of hydrogen-bond acceptors (Lipinski definition) is 3. The Morgan fingerprint density at radius 2 is 2.06 bits per heavy atom. The minimum Gasteiger partial charge on any atom is -0.464 e. The van der Waals surface area contributed by atoms with Crippen LogP contribution in [0, 0.1) is 19.8 Å². The summed E-state index contributed by atoms with van der Waals surface area (Å²) in [5.74, 6) is -0.0746. The SMILES string of the molecule is CCOC(=O)C(N)(c1ccc(C)c(C)c1)C1CC1. The van der Waals surface area contributed by atoms with Crippen LogP contribution in [0.2, 0.25) is 0 Å². The Morgan fingerprint density at radius 1 is 1.39 bits per heavy atom. The largest absolute Gasteiger partial charge is 0.464 e. The lowest BCUT2D eigenvalue weighted by Crippen LogP contribution is -2.48. The number of ether oxygens (including phenoxy) is 1. The molecule has 0 heterocycles. The van der Waals surface area contributed by atoms with Gasteiger partial charge in [-0.15, -0.1) is 0 Å². The van der Waals surface area contributed by atoms with Crippen LogP contribution in [0.3, 0.4) is 0 Å². The lowest BCUT2D eigenvalue weighted by atomic mass is 9.84. The van der Waals surface area contributed by atoms with Gasteiger partial charge in [0, 0.05) is 0 Å². The molecule has 0 spiro atoms. The van der Waals surface area contributed by atoms with Crippen LogP contribution >= 0.6 is 0 Å². The molecule has 0 bridgehead atoms. The molecule has 1 unspecified atom stereocenters. The van der Waals surface area contributed by atoms with Crippen LogP contribution < -0.4 is 5.73 Å². The van der Waals surface area contributed by atoms with Gasteiger partial charge in [-0.05, 0) is 56.2 Å². The third kappa shape index (κ3) is 2.15. The van der Waals surface area contributed by atoms with Gasteiger partial charge in [0.05, 0.1) is 6.61 Å². The van der Waals surface area contributed by atoms with E-state index >= 15 is 0 Å². The molecule has 2 N–H and O–H groups in total. The van der Waals surface area contributed by atoms with Crippen molar-refractivity contribution in [2.24, 2.45) is 11.7 Å². The van der Waals surface area contributed by atoms with E-state index in [-0.39, 0.29) is 11.9 Å². The van der Waals surface area contributed by atoms with Crippen LogP contribution in [0.15, 0.2) is 18.2 Å². The summed E-state index contributed by atoms with van der Waals surface area (Å²) in [4.78, 5) is 12.2. The van der Waals surface area contributed by atoms with Gasteiger partial charge in [0.2, 0.25) is 0 Å². The molecule has 0 radical (unpaired) electrons. The van der Waals surface area contributed by atoms with Gasteiger partial charge in [-0.2, -0.15) is 0 Å². The average Bonchev–Trinajstić information content (AvgIpc) is 3.16. The molecular weight excluding hydrogens is 226 g/mol. The van der Waals surface area contributed by atoms with Gasteiger partial charge in [0.25, 0.3) is 0 Å². The fourth-order valence-electron chi connectivity index (χ4n) is 2.31.